The van der Waals surface area contributed by atoms with Gasteiger partial charge in [0, 0.05) is 31.8 Å². The molecule has 0 N–H and O–H groups in total. The molecule has 0 nitrogen and oxygen atoms in total. The smallest absolute Gasteiger partial charge is 0.00229 e. The summed E-state index contributed by atoms with van der Waals surface area (Å²) in [5.41, 5.74) is 4.37. The van der Waals surface area contributed by atoms with Crippen molar-refractivity contribution in [2.75, 3.05) is 0 Å². The number of allylic oxidation sites excluding steroid dienone is 1. The Kier molecular flexibility index (Phi) is 4.30. The van der Waals surface area contributed by atoms with E-state index in [-0.39, 0.29) is 25.8 Å². The molecule has 0 radical (unpaired) electrons. The van der Waals surface area contributed by atoms with Crippen LogP contribution in [0.2, 0.25) is 0 Å². The molecular weight excluding hydrogens is 419 g/mol. The minimum Gasteiger partial charge on any atom is -0.168 e. The Morgan fingerprint density at radius 2 is 1.71 bits per heavy atom. The van der Waals surface area contributed by atoms with Gasteiger partial charge in [-0.25, -0.2) is 0 Å². The van der Waals surface area contributed by atoms with Crippen molar-refractivity contribution in [3.8, 4) is 0 Å². The van der Waals surface area contributed by atoms with Gasteiger partial charge in [-0.2, -0.15) is 6.07 Å². The van der Waals surface area contributed by atoms with Gasteiger partial charge < -0.3 is 0 Å². The van der Waals surface area contributed by atoms with Crippen molar-refractivity contribution in [3.63, 3.8) is 0 Å². The van der Waals surface area contributed by atoms with Gasteiger partial charge in [0.1, 0.15) is 0 Å². The molecular formula is C20H17Hf-. The van der Waals surface area contributed by atoms with Gasteiger partial charge in [-0.1, -0.05) is 48.9 Å². The summed E-state index contributed by atoms with van der Waals surface area (Å²) >= 11 is 0. The minimum atomic E-state index is 0. The number of benzene rings is 2. The van der Waals surface area contributed by atoms with Crippen LogP contribution in [-0.4, -0.2) is 0 Å². The predicted molar refractivity (Wildman–Crippen MR) is 86.1 cm³/mol. The second-order valence-corrected chi connectivity index (χ2v) is 5.58. The molecule has 0 bridgehead atoms. The summed E-state index contributed by atoms with van der Waals surface area (Å²) in [6, 6.07) is 22.0. The van der Waals surface area contributed by atoms with Gasteiger partial charge in [0.15, 0.2) is 0 Å². The topological polar surface area (TPSA) is 0 Å². The summed E-state index contributed by atoms with van der Waals surface area (Å²) in [5, 5.41) is 2.78. The van der Waals surface area contributed by atoms with Crippen molar-refractivity contribution in [1.82, 2.24) is 0 Å². The summed E-state index contributed by atoms with van der Waals surface area (Å²) in [6.07, 6.45) is 6.97. The van der Waals surface area contributed by atoms with Crippen LogP contribution >= 0.6 is 0 Å². The van der Waals surface area contributed by atoms with Gasteiger partial charge in [-0.15, -0.1) is 40.6 Å². The average molecular weight is 436 g/mol. The van der Waals surface area contributed by atoms with Crippen molar-refractivity contribution in [2.24, 2.45) is 0 Å². The van der Waals surface area contributed by atoms with Crippen molar-refractivity contribution < 1.29 is 25.8 Å². The second kappa shape index (κ2) is 6.19. The van der Waals surface area contributed by atoms with Crippen LogP contribution < -0.4 is 0 Å². The van der Waals surface area contributed by atoms with Gasteiger partial charge in [0.25, 0.3) is 0 Å². The molecule has 4 rings (SSSR count). The Hall–Kier alpha value is -1.34. The molecule has 1 unspecified atom stereocenters. The Morgan fingerprint density at radius 1 is 0.905 bits per heavy atom. The Bertz CT molecular complexity index is 779. The summed E-state index contributed by atoms with van der Waals surface area (Å²) in [5.74, 6) is 0.583. The zero-order chi connectivity index (χ0) is 13.4. The largest absolute Gasteiger partial charge is 0.168 e. The summed E-state index contributed by atoms with van der Waals surface area (Å²) in [7, 11) is 0. The van der Waals surface area contributed by atoms with Crippen molar-refractivity contribution in [3.05, 3.63) is 83.4 Å². The third kappa shape index (κ3) is 2.72. The van der Waals surface area contributed by atoms with Gasteiger partial charge in [0.05, 0.1) is 0 Å². The van der Waals surface area contributed by atoms with E-state index in [1.54, 1.807) is 0 Å². The Labute approximate surface area is 144 Å². The molecule has 0 fully saturated rings. The molecule has 0 amide bonds. The molecule has 0 saturated carbocycles. The minimum absolute atomic E-state index is 0. The van der Waals surface area contributed by atoms with Crippen LogP contribution in [-0.2, 0) is 32.3 Å². The number of rotatable bonds is 3. The molecule has 0 saturated heterocycles. The van der Waals surface area contributed by atoms with Crippen LogP contribution in [0.3, 0.4) is 0 Å². The van der Waals surface area contributed by atoms with Crippen molar-refractivity contribution >= 4 is 16.8 Å². The first-order valence-electron chi connectivity index (χ1n) is 7.32. The number of aryl methyl sites for hydroxylation is 1. The van der Waals surface area contributed by atoms with Crippen molar-refractivity contribution in [2.45, 2.75) is 18.8 Å². The van der Waals surface area contributed by atoms with E-state index in [1.807, 2.05) is 0 Å². The van der Waals surface area contributed by atoms with Crippen LogP contribution in [0.25, 0.3) is 16.8 Å². The molecule has 102 valence electrons. The van der Waals surface area contributed by atoms with E-state index in [9.17, 15) is 0 Å². The summed E-state index contributed by atoms with van der Waals surface area (Å²) < 4.78 is 0. The molecule has 1 heteroatoms. The van der Waals surface area contributed by atoms with Gasteiger partial charge in [-0.05, 0) is 17.5 Å². The van der Waals surface area contributed by atoms with E-state index >= 15 is 0 Å². The van der Waals surface area contributed by atoms with E-state index in [0.29, 0.717) is 5.92 Å². The first-order valence-corrected chi connectivity index (χ1v) is 7.32. The average Bonchev–Trinajstić information content (AvgIpc) is 3.09. The zero-order valence-electron chi connectivity index (χ0n) is 11.9. The van der Waals surface area contributed by atoms with Gasteiger partial charge in [-0.3, -0.25) is 0 Å². The standard InChI is InChI=1S/C20H17.Hf/c1-3-7-19-15(5-1)9-11-17(19)13-14-18-12-10-16-6-2-4-8-20(16)18;/h1-12,17H,13-14H2;/q-1;. The van der Waals surface area contributed by atoms with E-state index in [1.165, 1.54) is 33.9 Å². The maximum Gasteiger partial charge on any atom is 0.00229 e. The maximum absolute atomic E-state index is 2.36. The fraction of sp³-hybridized carbons (Fsp3) is 0.150. The van der Waals surface area contributed by atoms with Gasteiger partial charge >= 0.3 is 0 Å². The van der Waals surface area contributed by atoms with E-state index in [0.717, 1.165) is 6.42 Å². The zero-order valence-corrected chi connectivity index (χ0v) is 15.5. The monoisotopic (exact) mass is 437 g/mol. The third-order valence-electron chi connectivity index (χ3n) is 4.40. The van der Waals surface area contributed by atoms with E-state index in [4.69, 9.17) is 0 Å². The molecule has 1 atom stereocenters. The Morgan fingerprint density at radius 3 is 2.67 bits per heavy atom. The van der Waals surface area contributed by atoms with Crippen molar-refractivity contribution in [1.29, 1.82) is 0 Å². The van der Waals surface area contributed by atoms with Crippen LogP contribution in [0.15, 0.2) is 66.7 Å². The van der Waals surface area contributed by atoms with Crippen LogP contribution in [0.1, 0.15) is 29.0 Å². The molecule has 0 spiro atoms. The quantitative estimate of drug-likeness (QED) is 0.387. The first kappa shape index (κ1) is 14.6. The fourth-order valence-corrected chi connectivity index (χ4v) is 3.32. The predicted octanol–water partition coefficient (Wildman–Crippen LogP) is 5.30. The normalized spacial score (nSPS) is 15.9. The number of hydrogen-bond donors (Lipinski definition) is 0. The SMILES string of the molecule is C1=CC(CC[c-]2ccc3ccccc32)c2ccccc21.[Hf]. The molecule has 3 aromatic carbocycles. The molecule has 0 aromatic heterocycles. The molecule has 0 heterocycles. The number of hydrogen-bond acceptors (Lipinski definition) is 0. The maximum atomic E-state index is 2.36. The van der Waals surface area contributed by atoms with E-state index in [2.05, 4.69) is 72.8 Å². The molecule has 1 aliphatic carbocycles. The van der Waals surface area contributed by atoms with Crippen LogP contribution in [0.5, 0.6) is 0 Å². The first-order chi connectivity index (χ1) is 9.92. The second-order valence-electron chi connectivity index (χ2n) is 5.58. The van der Waals surface area contributed by atoms with Crippen LogP contribution in [0.4, 0.5) is 0 Å². The summed E-state index contributed by atoms with van der Waals surface area (Å²) in [4.78, 5) is 0. The Balaban J connectivity index is 0.00000132. The fourth-order valence-electron chi connectivity index (χ4n) is 3.32. The number of fused-ring (bicyclic) bond motifs is 2. The van der Waals surface area contributed by atoms with Gasteiger partial charge in [0.2, 0.25) is 0 Å². The molecule has 3 aromatic rings. The van der Waals surface area contributed by atoms with Crippen LogP contribution in [0, 0.1) is 0 Å². The third-order valence-corrected chi connectivity index (χ3v) is 4.40. The molecule has 1 aliphatic rings. The van der Waals surface area contributed by atoms with E-state index < -0.39 is 0 Å². The molecule has 21 heavy (non-hydrogen) atoms. The molecule has 0 aliphatic heterocycles. The summed E-state index contributed by atoms with van der Waals surface area (Å²) in [6.45, 7) is 0.